The average molecular weight is 478 g/mol. The van der Waals surface area contributed by atoms with Gasteiger partial charge < -0.3 is 4.74 Å². The topological polar surface area (TPSA) is 130 Å². The number of nitrogens with two attached hydrogens (primary N) is 1. The molecule has 0 aliphatic heterocycles. The first-order chi connectivity index (χ1) is 15.2. The Morgan fingerprint density at radius 2 is 1.97 bits per heavy atom. The van der Waals surface area contributed by atoms with Crippen molar-refractivity contribution in [3.8, 4) is 11.1 Å². The molecule has 0 bridgehead atoms. The Morgan fingerprint density at radius 3 is 2.53 bits per heavy atom. The lowest BCUT2D eigenvalue weighted by Crippen LogP contribution is -2.13. The quantitative estimate of drug-likeness (QED) is 0.350. The molecule has 0 saturated carbocycles. The highest BCUT2D eigenvalue weighted by atomic mass is 32.2. The molecule has 0 saturated heterocycles. The van der Waals surface area contributed by atoms with Crippen LogP contribution in [0.1, 0.15) is 54.4 Å². The molecule has 0 amide bonds. The standard InChI is InChI=1S/C21H27N5O4S2/c1-4-5-10-30-20(27)19-17(11-14(2)3)31-21(32(22,28)29)18(19)16-8-6-15(7-9-16)12-26-24-13-23-25-26/h6-9,13-14H,4-5,10-12H2,1-3H3,(H2,22,28,29). The number of ether oxygens (including phenoxy) is 1. The summed E-state index contributed by atoms with van der Waals surface area (Å²) in [6, 6.07) is 7.20. The summed E-state index contributed by atoms with van der Waals surface area (Å²) in [6.45, 7) is 6.71. The Balaban J connectivity index is 2.08. The molecule has 9 nitrogen and oxygen atoms in total. The monoisotopic (exact) mass is 477 g/mol. The van der Waals surface area contributed by atoms with Crippen molar-refractivity contribution in [2.24, 2.45) is 11.1 Å². The molecule has 0 spiro atoms. The maximum atomic E-state index is 13.1. The summed E-state index contributed by atoms with van der Waals surface area (Å²) in [4.78, 5) is 15.2. The molecule has 172 valence electrons. The molecule has 2 heterocycles. The number of hydrogen-bond acceptors (Lipinski definition) is 8. The lowest BCUT2D eigenvalue weighted by molar-refractivity contribution is 0.0500. The van der Waals surface area contributed by atoms with Crippen LogP contribution in [0.15, 0.2) is 34.8 Å². The number of rotatable bonds is 10. The number of carbonyl (C=O) groups is 1. The van der Waals surface area contributed by atoms with E-state index >= 15 is 0 Å². The molecule has 0 unspecified atom stereocenters. The van der Waals surface area contributed by atoms with Gasteiger partial charge >= 0.3 is 5.97 Å². The SMILES string of the molecule is CCCCOC(=O)c1c(CC(C)C)sc(S(N)(=O)=O)c1-c1ccc(Cn2ncnn2)cc1. The van der Waals surface area contributed by atoms with Crippen LogP contribution in [0, 0.1) is 5.92 Å². The average Bonchev–Trinajstić information content (AvgIpc) is 3.36. The smallest absolute Gasteiger partial charge is 0.339 e. The van der Waals surface area contributed by atoms with Gasteiger partial charge in [0.2, 0.25) is 10.0 Å². The third kappa shape index (κ3) is 5.78. The molecular weight excluding hydrogens is 450 g/mol. The van der Waals surface area contributed by atoms with Gasteiger partial charge in [-0.15, -0.1) is 21.5 Å². The molecule has 2 aromatic heterocycles. The second-order valence-corrected chi connectivity index (χ2v) is 10.7. The normalized spacial score (nSPS) is 11.8. The van der Waals surface area contributed by atoms with E-state index in [1.54, 1.807) is 12.1 Å². The van der Waals surface area contributed by atoms with Crippen molar-refractivity contribution in [3.63, 3.8) is 0 Å². The molecule has 2 N–H and O–H groups in total. The third-order valence-corrected chi connectivity index (χ3v) is 7.37. The van der Waals surface area contributed by atoms with Gasteiger partial charge in [-0.25, -0.2) is 18.4 Å². The largest absolute Gasteiger partial charge is 0.462 e. The molecule has 3 rings (SSSR count). The zero-order valence-electron chi connectivity index (χ0n) is 18.3. The Morgan fingerprint density at radius 1 is 1.25 bits per heavy atom. The number of thiophene rings is 1. The molecule has 3 aromatic rings. The van der Waals surface area contributed by atoms with Gasteiger partial charge in [0, 0.05) is 10.4 Å². The minimum atomic E-state index is -4.05. The van der Waals surface area contributed by atoms with Gasteiger partial charge in [0.05, 0.1) is 18.7 Å². The van der Waals surface area contributed by atoms with Gasteiger partial charge in [0.1, 0.15) is 4.21 Å². The zero-order valence-corrected chi connectivity index (χ0v) is 19.9. The number of hydrogen-bond donors (Lipinski definition) is 1. The summed E-state index contributed by atoms with van der Waals surface area (Å²) in [5.74, 6) is -0.305. The molecular formula is C21H27N5O4S2. The van der Waals surface area contributed by atoms with Gasteiger partial charge in [-0.1, -0.05) is 51.5 Å². The van der Waals surface area contributed by atoms with E-state index in [4.69, 9.17) is 9.88 Å². The second-order valence-electron chi connectivity index (χ2n) is 7.86. The van der Waals surface area contributed by atoms with E-state index in [1.165, 1.54) is 11.1 Å². The minimum absolute atomic E-state index is 0.0266. The van der Waals surface area contributed by atoms with Crippen LogP contribution in [0.2, 0.25) is 0 Å². The number of nitrogens with zero attached hydrogens (tertiary/aromatic N) is 4. The molecule has 0 aliphatic carbocycles. The first-order valence-electron chi connectivity index (χ1n) is 10.4. The van der Waals surface area contributed by atoms with E-state index in [0.717, 1.165) is 29.7 Å². The summed E-state index contributed by atoms with van der Waals surface area (Å²) < 4.78 is 30.3. The van der Waals surface area contributed by atoms with E-state index in [-0.39, 0.29) is 22.3 Å². The van der Waals surface area contributed by atoms with Gasteiger partial charge in [-0.3, -0.25) is 0 Å². The predicted octanol–water partition coefficient (Wildman–Crippen LogP) is 3.25. The van der Waals surface area contributed by atoms with Crippen molar-refractivity contribution >= 4 is 27.3 Å². The van der Waals surface area contributed by atoms with Crippen molar-refractivity contribution in [2.45, 2.75) is 50.8 Å². The van der Waals surface area contributed by atoms with Crippen LogP contribution < -0.4 is 5.14 Å². The van der Waals surface area contributed by atoms with Crippen LogP contribution in [0.25, 0.3) is 11.1 Å². The number of sulfonamides is 1. The first-order valence-corrected chi connectivity index (χ1v) is 12.7. The van der Waals surface area contributed by atoms with E-state index in [1.807, 2.05) is 32.9 Å². The van der Waals surface area contributed by atoms with Gasteiger partial charge in [-0.2, -0.15) is 4.80 Å². The lowest BCUT2D eigenvalue weighted by Gasteiger charge is -2.11. The van der Waals surface area contributed by atoms with E-state index < -0.39 is 16.0 Å². The maximum Gasteiger partial charge on any atom is 0.339 e. The lowest BCUT2D eigenvalue weighted by atomic mass is 9.98. The minimum Gasteiger partial charge on any atom is -0.462 e. The fraction of sp³-hybridized carbons (Fsp3) is 0.429. The maximum absolute atomic E-state index is 13.1. The summed E-state index contributed by atoms with van der Waals surface area (Å²) in [5, 5.41) is 17.1. The van der Waals surface area contributed by atoms with Gasteiger partial charge in [0.25, 0.3) is 0 Å². The summed E-state index contributed by atoms with van der Waals surface area (Å²) >= 11 is 1.05. The Bertz CT molecular complexity index is 1150. The Kier molecular flexibility index (Phi) is 7.75. The summed E-state index contributed by atoms with van der Waals surface area (Å²) in [6.07, 6.45) is 3.51. The molecule has 0 atom stereocenters. The third-order valence-electron chi connectivity index (χ3n) is 4.69. The van der Waals surface area contributed by atoms with Crippen LogP contribution in [0.5, 0.6) is 0 Å². The fourth-order valence-electron chi connectivity index (χ4n) is 3.23. The van der Waals surface area contributed by atoms with Crippen LogP contribution in [0.3, 0.4) is 0 Å². The van der Waals surface area contributed by atoms with Crippen molar-refractivity contribution in [1.82, 2.24) is 20.2 Å². The zero-order chi connectivity index (χ0) is 23.3. The number of unbranched alkanes of at least 4 members (excludes halogenated alkanes) is 1. The van der Waals surface area contributed by atoms with Crippen molar-refractivity contribution in [2.75, 3.05) is 6.61 Å². The number of tetrazole rings is 1. The highest BCUT2D eigenvalue weighted by Gasteiger charge is 2.30. The van der Waals surface area contributed by atoms with Crippen molar-refractivity contribution in [3.05, 3.63) is 46.6 Å². The highest BCUT2D eigenvalue weighted by molar-refractivity contribution is 7.91. The van der Waals surface area contributed by atoms with E-state index in [9.17, 15) is 13.2 Å². The second kappa shape index (κ2) is 10.3. The number of aromatic nitrogens is 4. The molecule has 1 aromatic carbocycles. The Hall–Kier alpha value is -2.63. The fourth-order valence-corrected chi connectivity index (χ4v) is 5.75. The molecule has 0 radical (unpaired) electrons. The van der Waals surface area contributed by atoms with Gasteiger partial charge in [0.15, 0.2) is 6.33 Å². The molecule has 0 fully saturated rings. The van der Waals surface area contributed by atoms with Crippen LogP contribution in [0.4, 0.5) is 0 Å². The molecule has 0 aliphatic rings. The Labute approximate surface area is 191 Å². The number of esters is 1. The first kappa shape index (κ1) is 24.0. The predicted molar refractivity (Wildman–Crippen MR) is 122 cm³/mol. The molecule has 32 heavy (non-hydrogen) atoms. The highest BCUT2D eigenvalue weighted by Crippen LogP contribution is 2.41. The number of carbonyl (C=O) groups excluding carboxylic acids is 1. The number of benzene rings is 1. The summed E-state index contributed by atoms with van der Waals surface area (Å²) in [5.41, 5.74) is 2.07. The molecule has 11 heteroatoms. The van der Waals surface area contributed by atoms with E-state index in [2.05, 4.69) is 15.4 Å². The van der Waals surface area contributed by atoms with Crippen LogP contribution in [-0.4, -0.2) is 41.2 Å². The summed E-state index contributed by atoms with van der Waals surface area (Å²) in [7, 11) is -4.05. The van der Waals surface area contributed by atoms with Gasteiger partial charge in [-0.05, 0) is 35.1 Å². The van der Waals surface area contributed by atoms with Crippen molar-refractivity contribution < 1.29 is 17.9 Å². The van der Waals surface area contributed by atoms with Crippen molar-refractivity contribution in [1.29, 1.82) is 0 Å². The van der Waals surface area contributed by atoms with E-state index in [0.29, 0.717) is 29.0 Å². The number of primary sulfonamides is 1. The van der Waals surface area contributed by atoms with Crippen LogP contribution in [-0.2, 0) is 27.7 Å². The van der Waals surface area contributed by atoms with Crippen LogP contribution >= 0.6 is 11.3 Å².